The van der Waals surface area contributed by atoms with Crippen molar-refractivity contribution in [3.63, 3.8) is 0 Å². The molecule has 0 spiro atoms. The van der Waals surface area contributed by atoms with Crippen molar-refractivity contribution in [2.24, 2.45) is 0 Å². The summed E-state index contributed by atoms with van der Waals surface area (Å²) in [4.78, 5) is 0. The van der Waals surface area contributed by atoms with Gasteiger partial charge < -0.3 is 9.73 Å². The zero-order chi connectivity index (χ0) is 11.8. The van der Waals surface area contributed by atoms with Crippen LogP contribution < -0.4 is 5.32 Å². The first-order valence-electron chi connectivity index (χ1n) is 6.30. The van der Waals surface area contributed by atoms with Crippen LogP contribution in [0.1, 0.15) is 51.6 Å². The maximum Gasteiger partial charge on any atom is 0.109 e. The minimum atomic E-state index is 0.121. The third-order valence-corrected chi connectivity index (χ3v) is 3.32. The van der Waals surface area contributed by atoms with Crippen molar-refractivity contribution in [3.8, 4) is 0 Å². The first-order chi connectivity index (χ1) is 7.47. The van der Waals surface area contributed by atoms with Gasteiger partial charge in [0.25, 0.3) is 0 Å². The van der Waals surface area contributed by atoms with E-state index in [9.17, 15) is 0 Å². The third-order valence-electron chi connectivity index (χ3n) is 3.32. The average Bonchev–Trinajstić information content (AvgIpc) is 2.84. The Hall–Kier alpha value is -0.760. The molecule has 1 N–H and O–H groups in total. The number of furan rings is 1. The summed E-state index contributed by atoms with van der Waals surface area (Å²) in [6.07, 6.45) is 3.83. The SMILES string of the molecule is Cc1ccc(C(C)(C)CC(C)NC2CC2)o1. The number of hydrogen-bond donors (Lipinski definition) is 1. The zero-order valence-corrected chi connectivity index (χ0v) is 10.8. The lowest BCUT2D eigenvalue weighted by atomic mass is 9.83. The summed E-state index contributed by atoms with van der Waals surface area (Å²) in [6.45, 7) is 8.80. The molecule has 1 aliphatic rings. The van der Waals surface area contributed by atoms with Crippen LogP contribution in [0.3, 0.4) is 0 Å². The van der Waals surface area contributed by atoms with Crippen molar-refractivity contribution in [1.29, 1.82) is 0 Å². The summed E-state index contributed by atoms with van der Waals surface area (Å²) in [7, 11) is 0. The molecular weight excluding hydrogens is 198 g/mol. The Labute approximate surface area is 98.4 Å². The Balaban J connectivity index is 1.95. The molecule has 1 unspecified atom stereocenters. The lowest BCUT2D eigenvalue weighted by Gasteiger charge is -2.26. The van der Waals surface area contributed by atoms with Gasteiger partial charge in [-0.3, -0.25) is 0 Å². The van der Waals surface area contributed by atoms with Gasteiger partial charge in [0.15, 0.2) is 0 Å². The Morgan fingerprint density at radius 2 is 2.12 bits per heavy atom. The zero-order valence-electron chi connectivity index (χ0n) is 10.8. The second-order valence-electron chi connectivity index (χ2n) is 5.84. The topological polar surface area (TPSA) is 25.2 Å². The van der Waals surface area contributed by atoms with Gasteiger partial charge >= 0.3 is 0 Å². The fourth-order valence-electron chi connectivity index (χ4n) is 2.38. The maximum atomic E-state index is 5.74. The molecule has 1 aromatic rings. The van der Waals surface area contributed by atoms with E-state index in [2.05, 4.69) is 38.2 Å². The molecule has 1 fully saturated rings. The molecular formula is C14H23NO. The fraction of sp³-hybridized carbons (Fsp3) is 0.714. The van der Waals surface area contributed by atoms with E-state index in [0.29, 0.717) is 6.04 Å². The van der Waals surface area contributed by atoms with Crippen LogP contribution in [-0.2, 0) is 5.41 Å². The molecule has 0 aromatic carbocycles. The summed E-state index contributed by atoms with van der Waals surface area (Å²) in [5.74, 6) is 2.11. The van der Waals surface area contributed by atoms with Gasteiger partial charge in [-0.05, 0) is 45.2 Å². The summed E-state index contributed by atoms with van der Waals surface area (Å²) in [5, 5.41) is 3.64. The van der Waals surface area contributed by atoms with Crippen LogP contribution in [0, 0.1) is 6.92 Å². The van der Waals surface area contributed by atoms with Crippen molar-refractivity contribution < 1.29 is 4.42 Å². The lowest BCUT2D eigenvalue weighted by Crippen LogP contribution is -2.34. The molecule has 1 aromatic heterocycles. The van der Waals surface area contributed by atoms with Crippen LogP contribution in [0.4, 0.5) is 0 Å². The van der Waals surface area contributed by atoms with E-state index in [1.54, 1.807) is 0 Å². The smallest absolute Gasteiger partial charge is 0.109 e. The Morgan fingerprint density at radius 3 is 2.62 bits per heavy atom. The highest BCUT2D eigenvalue weighted by Gasteiger charge is 2.29. The van der Waals surface area contributed by atoms with Crippen molar-refractivity contribution >= 4 is 0 Å². The van der Waals surface area contributed by atoms with Gasteiger partial charge in [-0.2, -0.15) is 0 Å². The lowest BCUT2D eigenvalue weighted by molar-refractivity contribution is 0.319. The average molecular weight is 221 g/mol. The minimum absolute atomic E-state index is 0.121. The molecule has 0 bridgehead atoms. The van der Waals surface area contributed by atoms with E-state index >= 15 is 0 Å². The normalized spacial score (nSPS) is 18.8. The molecule has 2 heteroatoms. The first kappa shape index (κ1) is 11.7. The highest BCUT2D eigenvalue weighted by molar-refractivity contribution is 5.15. The number of nitrogens with one attached hydrogen (secondary N) is 1. The minimum Gasteiger partial charge on any atom is -0.466 e. The molecule has 16 heavy (non-hydrogen) atoms. The molecule has 1 atom stereocenters. The summed E-state index contributed by atoms with van der Waals surface area (Å²) in [6, 6.07) is 5.51. The largest absolute Gasteiger partial charge is 0.466 e. The number of hydrogen-bond acceptors (Lipinski definition) is 2. The van der Waals surface area contributed by atoms with Gasteiger partial charge in [0.2, 0.25) is 0 Å². The molecule has 2 rings (SSSR count). The molecule has 0 amide bonds. The Bertz CT molecular complexity index is 349. The second-order valence-corrected chi connectivity index (χ2v) is 5.84. The van der Waals surface area contributed by atoms with Gasteiger partial charge in [-0.25, -0.2) is 0 Å². The van der Waals surface area contributed by atoms with E-state index in [-0.39, 0.29) is 5.41 Å². The van der Waals surface area contributed by atoms with Crippen molar-refractivity contribution in [1.82, 2.24) is 5.32 Å². The van der Waals surface area contributed by atoms with Gasteiger partial charge in [-0.15, -0.1) is 0 Å². The first-order valence-corrected chi connectivity index (χ1v) is 6.30. The van der Waals surface area contributed by atoms with E-state index in [0.717, 1.165) is 24.0 Å². The summed E-state index contributed by atoms with van der Waals surface area (Å²) in [5.41, 5.74) is 0.121. The van der Waals surface area contributed by atoms with Crippen LogP contribution >= 0.6 is 0 Å². The van der Waals surface area contributed by atoms with E-state index < -0.39 is 0 Å². The molecule has 1 saturated carbocycles. The molecule has 2 nitrogen and oxygen atoms in total. The van der Waals surface area contributed by atoms with Crippen molar-refractivity contribution in [3.05, 3.63) is 23.7 Å². The van der Waals surface area contributed by atoms with Gasteiger partial charge in [0, 0.05) is 17.5 Å². The highest BCUT2D eigenvalue weighted by atomic mass is 16.3. The summed E-state index contributed by atoms with van der Waals surface area (Å²) < 4.78 is 5.74. The third kappa shape index (κ3) is 2.88. The maximum absolute atomic E-state index is 5.74. The molecule has 1 aliphatic carbocycles. The van der Waals surface area contributed by atoms with Crippen LogP contribution in [0.25, 0.3) is 0 Å². The number of aryl methyl sites for hydroxylation is 1. The van der Waals surface area contributed by atoms with E-state index in [4.69, 9.17) is 4.42 Å². The number of rotatable bonds is 5. The highest BCUT2D eigenvalue weighted by Crippen LogP contribution is 2.31. The molecule has 0 saturated heterocycles. The molecule has 1 heterocycles. The summed E-state index contributed by atoms with van der Waals surface area (Å²) >= 11 is 0. The molecule has 0 aliphatic heterocycles. The Morgan fingerprint density at radius 1 is 1.44 bits per heavy atom. The molecule has 0 radical (unpaired) electrons. The van der Waals surface area contributed by atoms with Crippen molar-refractivity contribution in [2.75, 3.05) is 0 Å². The predicted molar refractivity (Wildman–Crippen MR) is 66.7 cm³/mol. The fourth-order valence-corrected chi connectivity index (χ4v) is 2.38. The van der Waals surface area contributed by atoms with Crippen LogP contribution in [-0.4, -0.2) is 12.1 Å². The standard InChI is InChI=1S/C14H23NO/c1-10(15-12-6-7-12)9-14(3,4)13-8-5-11(2)16-13/h5,8,10,12,15H,6-7,9H2,1-4H3. The molecule has 90 valence electrons. The van der Waals surface area contributed by atoms with Gasteiger partial charge in [0.1, 0.15) is 11.5 Å². The van der Waals surface area contributed by atoms with Crippen LogP contribution in [0.15, 0.2) is 16.5 Å². The monoisotopic (exact) mass is 221 g/mol. The predicted octanol–water partition coefficient (Wildman–Crippen LogP) is 3.40. The Kier molecular flexibility index (Phi) is 3.11. The quantitative estimate of drug-likeness (QED) is 0.824. The van der Waals surface area contributed by atoms with Gasteiger partial charge in [0.05, 0.1) is 0 Å². The van der Waals surface area contributed by atoms with Crippen LogP contribution in [0.5, 0.6) is 0 Å². The second kappa shape index (κ2) is 4.25. The van der Waals surface area contributed by atoms with Crippen molar-refractivity contribution in [2.45, 2.75) is 64.5 Å². The van der Waals surface area contributed by atoms with E-state index in [1.165, 1.54) is 12.8 Å². The van der Waals surface area contributed by atoms with Crippen LogP contribution in [0.2, 0.25) is 0 Å². The van der Waals surface area contributed by atoms with E-state index in [1.807, 2.05) is 6.92 Å². The van der Waals surface area contributed by atoms with Gasteiger partial charge in [-0.1, -0.05) is 13.8 Å².